The number of benzene rings is 3. The summed E-state index contributed by atoms with van der Waals surface area (Å²) in [7, 11) is 0. The van der Waals surface area contributed by atoms with Crippen LogP contribution in [0.15, 0.2) is 97.6 Å². The molecule has 0 unspecified atom stereocenters. The van der Waals surface area contributed by atoms with Crippen LogP contribution in [0.5, 0.6) is 0 Å². The van der Waals surface area contributed by atoms with Crippen molar-refractivity contribution < 1.29 is 0 Å². The van der Waals surface area contributed by atoms with Crippen LogP contribution in [0, 0.1) is 27.7 Å². The number of hydrogen-bond donors (Lipinski definition) is 10. The zero-order valence-electron chi connectivity index (χ0n) is 39.4. The number of anilines is 13. The Labute approximate surface area is 408 Å². The molecule has 358 valence electrons. The Kier molecular flexibility index (Phi) is 15.5. The zero-order chi connectivity index (χ0) is 48.3. The molecular weight excluding hydrogens is 888 g/mol. The van der Waals surface area contributed by atoms with Crippen LogP contribution < -0.4 is 54.4 Å². The second-order valence-corrected chi connectivity index (χ2v) is 18.1. The molecule has 0 spiro atoms. The maximum absolute atomic E-state index is 5.66. The molecule has 3 aromatic carbocycles. The van der Waals surface area contributed by atoms with Crippen LogP contribution in [0.2, 0.25) is 5.28 Å². The third kappa shape index (κ3) is 15.7. The fourth-order valence-corrected chi connectivity index (χ4v) is 6.42. The van der Waals surface area contributed by atoms with Crippen LogP contribution in [-0.4, -0.2) is 64.0 Å². The first-order chi connectivity index (χ1) is 33.4. The predicted octanol–water partition coefficient (Wildman–Crippen LogP) is 10.1. The number of nitrogens with zero attached hydrogens (tertiary/aromatic N) is 8. The lowest BCUT2D eigenvalue weighted by atomic mass is 10.3. The van der Waals surface area contributed by atoms with E-state index in [0.717, 1.165) is 79.6 Å². The van der Waals surface area contributed by atoms with Gasteiger partial charge < -0.3 is 54.4 Å². The van der Waals surface area contributed by atoms with E-state index in [1.165, 1.54) is 51.4 Å². The summed E-state index contributed by atoms with van der Waals surface area (Å²) in [5, 5.41) is 23.6. The molecule has 0 aliphatic heterocycles. The Morgan fingerprint density at radius 3 is 0.913 bits per heavy atom. The summed E-state index contributed by atoms with van der Waals surface area (Å²) in [5.41, 5.74) is 25.6. The number of nitrogens with two attached hydrogens (primary N) is 3. The Morgan fingerprint density at radius 1 is 0.377 bits per heavy atom. The quantitative estimate of drug-likeness (QED) is 0.0359. The summed E-state index contributed by atoms with van der Waals surface area (Å²) in [6.07, 6.45) is 17.0. The molecule has 4 aliphatic rings. The first kappa shape index (κ1) is 47.8. The fraction of sp³-hybridized carbons (Fsp3) is 0.320. The molecule has 19 heteroatoms. The highest BCUT2D eigenvalue weighted by Gasteiger charge is 2.25. The third-order valence-corrected chi connectivity index (χ3v) is 11.2. The lowest BCUT2D eigenvalue weighted by molar-refractivity contribution is 1.06. The van der Waals surface area contributed by atoms with Gasteiger partial charge in [-0.2, -0.15) is 15.0 Å². The number of nitrogens with one attached hydrogen (secondary N) is 7. The van der Waals surface area contributed by atoms with Crippen molar-refractivity contribution in [2.45, 2.75) is 103 Å². The number of halogens is 1. The number of aromatic nitrogens is 8. The van der Waals surface area contributed by atoms with Crippen molar-refractivity contribution in [1.29, 1.82) is 0 Å². The SMILES string of the molecule is Cc1cnc(Cl)nc1NC1CC1.Cc1cnc(Nc2ccc(N)cc2)nc1NC1CC1.Cc1cnc(Nc2ccc(Nc3ncc(C)c(NC4CC4)n3)cc2)nc1NC1CC1.Nc1ccc(N)cc1. The van der Waals surface area contributed by atoms with Crippen LogP contribution in [-0.2, 0) is 0 Å². The third-order valence-electron chi connectivity index (χ3n) is 11.0. The number of hydrogen-bond acceptors (Lipinski definition) is 18. The topological polar surface area (TPSA) is 265 Å². The summed E-state index contributed by atoms with van der Waals surface area (Å²) >= 11 is 5.66. The van der Waals surface area contributed by atoms with Gasteiger partial charge >= 0.3 is 0 Å². The van der Waals surface area contributed by atoms with Crippen LogP contribution in [0.25, 0.3) is 0 Å². The highest BCUT2D eigenvalue weighted by molar-refractivity contribution is 6.28. The zero-order valence-corrected chi connectivity index (χ0v) is 40.1. The molecule has 69 heavy (non-hydrogen) atoms. The Bertz CT molecular complexity index is 2670. The van der Waals surface area contributed by atoms with E-state index in [9.17, 15) is 0 Å². The first-order valence-corrected chi connectivity index (χ1v) is 23.7. The minimum atomic E-state index is 0.309. The van der Waals surface area contributed by atoms with Crippen LogP contribution in [0.4, 0.5) is 75.2 Å². The minimum absolute atomic E-state index is 0.309. The maximum atomic E-state index is 5.66. The average molecular weight is 950 g/mol. The van der Waals surface area contributed by atoms with Gasteiger partial charge in [0.25, 0.3) is 0 Å². The van der Waals surface area contributed by atoms with E-state index in [1.807, 2.05) is 94.8 Å². The second kappa shape index (κ2) is 22.4. The molecule has 0 atom stereocenters. The van der Waals surface area contributed by atoms with Gasteiger partial charge in [-0.25, -0.2) is 24.9 Å². The van der Waals surface area contributed by atoms with Gasteiger partial charge in [0.2, 0.25) is 23.1 Å². The molecule has 7 aromatic rings. The van der Waals surface area contributed by atoms with Crippen molar-refractivity contribution in [2.24, 2.45) is 0 Å². The molecule has 4 heterocycles. The summed E-state index contributed by atoms with van der Waals surface area (Å²) in [5.74, 6) is 5.36. The summed E-state index contributed by atoms with van der Waals surface area (Å²) in [6.45, 7) is 8.03. The Hall–Kier alpha value is -7.73. The largest absolute Gasteiger partial charge is 0.399 e. The normalized spacial score (nSPS) is 14.5. The van der Waals surface area contributed by atoms with Gasteiger partial charge in [0, 0.05) is 105 Å². The van der Waals surface area contributed by atoms with Crippen molar-refractivity contribution in [3.63, 3.8) is 0 Å². The van der Waals surface area contributed by atoms with Gasteiger partial charge in [-0.1, -0.05) is 0 Å². The first-order valence-electron chi connectivity index (χ1n) is 23.3. The van der Waals surface area contributed by atoms with Gasteiger partial charge in [0.05, 0.1) is 0 Å². The monoisotopic (exact) mass is 949 g/mol. The van der Waals surface area contributed by atoms with Gasteiger partial charge in [-0.15, -0.1) is 0 Å². The van der Waals surface area contributed by atoms with Gasteiger partial charge in [-0.05, 0) is 163 Å². The lowest BCUT2D eigenvalue weighted by Gasteiger charge is -2.12. The summed E-state index contributed by atoms with van der Waals surface area (Å²) in [6, 6.07) is 24.8. The standard InChI is InChI=1S/C22H26N8.C14H17N5.C8H10ClN3.C6H8N2/c1-13-11-23-21(29-19(13)25-15-3-4-15)27-17-7-9-18(10-8-17)28-22-24-12-14(2)20(30-22)26-16-5-6-16;1-9-8-16-14(19-13(9)17-11-6-7-11)18-12-4-2-10(15)3-5-12;1-5-4-10-8(9)12-7(5)11-6-2-3-6;7-5-1-2-6(8)4-3-5/h7-12,15-16H,3-6H2,1-2H3,(H2,23,25,27,29)(H2,24,26,28,30);2-5,8,11H,6-7,15H2,1H3,(H2,16,17,18,19);4,6H,2-3H2,1H3,(H,10,11,12);1-4H,7-8H2. The molecule has 18 nitrogen and oxygen atoms in total. The number of nitrogen functional groups attached to an aromatic ring is 3. The molecule has 4 aromatic heterocycles. The number of rotatable bonds is 14. The second-order valence-electron chi connectivity index (χ2n) is 17.8. The average Bonchev–Trinajstić information content (AvgIpc) is 4.09. The molecule has 13 N–H and O–H groups in total. The predicted molar refractivity (Wildman–Crippen MR) is 281 cm³/mol. The highest BCUT2D eigenvalue weighted by atomic mass is 35.5. The van der Waals surface area contributed by atoms with E-state index in [0.29, 0.717) is 47.3 Å². The Balaban J connectivity index is 0.000000139. The highest BCUT2D eigenvalue weighted by Crippen LogP contribution is 2.30. The maximum Gasteiger partial charge on any atom is 0.229 e. The van der Waals surface area contributed by atoms with E-state index < -0.39 is 0 Å². The van der Waals surface area contributed by atoms with E-state index in [2.05, 4.69) is 77.1 Å². The molecule has 4 fully saturated rings. The number of aryl methyl sites for hydroxylation is 4. The molecule has 0 bridgehead atoms. The smallest absolute Gasteiger partial charge is 0.229 e. The van der Waals surface area contributed by atoms with Crippen molar-refractivity contribution in [2.75, 3.05) is 54.4 Å². The van der Waals surface area contributed by atoms with E-state index >= 15 is 0 Å². The van der Waals surface area contributed by atoms with Crippen molar-refractivity contribution in [3.05, 3.63) is 125 Å². The van der Waals surface area contributed by atoms with Crippen LogP contribution >= 0.6 is 11.6 Å². The lowest BCUT2D eigenvalue weighted by Crippen LogP contribution is -2.08. The minimum Gasteiger partial charge on any atom is -0.399 e. The van der Waals surface area contributed by atoms with E-state index in [1.54, 1.807) is 30.5 Å². The summed E-state index contributed by atoms with van der Waals surface area (Å²) < 4.78 is 0. The van der Waals surface area contributed by atoms with Gasteiger partial charge in [0.1, 0.15) is 23.3 Å². The molecule has 0 amide bonds. The van der Waals surface area contributed by atoms with Crippen molar-refractivity contribution in [1.82, 2.24) is 39.9 Å². The summed E-state index contributed by atoms with van der Waals surface area (Å²) in [4.78, 5) is 34.8. The molecule has 4 aliphatic carbocycles. The van der Waals surface area contributed by atoms with E-state index in [4.69, 9.17) is 28.8 Å². The molecule has 11 rings (SSSR count). The van der Waals surface area contributed by atoms with Crippen LogP contribution in [0.3, 0.4) is 0 Å². The Morgan fingerprint density at radius 2 is 0.623 bits per heavy atom. The van der Waals surface area contributed by atoms with Crippen LogP contribution in [0.1, 0.15) is 73.6 Å². The molecule has 4 saturated carbocycles. The molecule has 0 saturated heterocycles. The molecule has 0 radical (unpaired) electrons. The molecular formula is C50H61ClN18. The van der Waals surface area contributed by atoms with Gasteiger partial charge in [0.15, 0.2) is 0 Å². The van der Waals surface area contributed by atoms with Crippen molar-refractivity contribution >= 4 is 86.8 Å². The van der Waals surface area contributed by atoms with Gasteiger partial charge in [-0.3, -0.25) is 0 Å². The van der Waals surface area contributed by atoms with E-state index in [-0.39, 0.29) is 0 Å². The fourth-order valence-electron chi connectivity index (χ4n) is 6.28. The van der Waals surface area contributed by atoms with Crippen molar-refractivity contribution in [3.8, 4) is 0 Å².